The van der Waals surface area contributed by atoms with E-state index in [0.29, 0.717) is 27.3 Å². The van der Waals surface area contributed by atoms with Crippen molar-refractivity contribution >= 4 is 52.2 Å². The Kier molecular flexibility index (Phi) is 6.66. The lowest BCUT2D eigenvalue weighted by Crippen LogP contribution is -2.27. The minimum Gasteiger partial charge on any atom is -0.489 e. The van der Waals surface area contributed by atoms with E-state index >= 15 is 0 Å². The zero-order valence-corrected chi connectivity index (χ0v) is 18.6. The molecule has 3 aromatic carbocycles. The topological polar surface area (TPSA) is 46.6 Å². The van der Waals surface area contributed by atoms with Crippen LogP contribution in [0.2, 0.25) is 10.0 Å². The van der Waals surface area contributed by atoms with Crippen molar-refractivity contribution in [3.05, 3.63) is 104 Å². The fourth-order valence-electron chi connectivity index (χ4n) is 3.04. The Morgan fingerprint density at radius 1 is 0.935 bits per heavy atom. The van der Waals surface area contributed by atoms with Crippen LogP contribution in [0.25, 0.3) is 6.08 Å². The maximum Gasteiger partial charge on any atom is 0.293 e. The first-order valence-electron chi connectivity index (χ1n) is 9.46. The number of carbonyl (C=O) groups excluding carboxylic acids is 2. The number of thioether (sulfide) groups is 1. The molecular weight excluding hydrogens is 453 g/mol. The molecule has 1 aliphatic rings. The van der Waals surface area contributed by atoms with Crippen LogP contribution in [0.1, 0.15) is 16.7 Å². The summed E-state index contributed by atoms with van der Waals surface area (Å²) in [5, 5.41) is 0.886. The van der Waals surface area contributed by atoms with E-state index in [-0.39, 0.29) is 17.7 Å². The largest absolute Gasteiger partial charge is 0.489 e. The summed E-state index contributed by atoms with van der Waals surface area (Å²) in [5.41, 5.74) is 2.51. The van der Waals surface area contributed by atoms with Crippen LogP contribution in [0.5, 0.6) is 5.75 Å². The van der Waals surface area contributed by atoms with Crippen LogP contribution < -0.4 is 4.74 Å². The molecule has 0 aromatic heterocycles. The Morgan fingerprint density at radius 2 is 1.71 bits per heavy atom. The number of benzene rings is 3. The van der Waals surface area contributed by atoms with Crippen molar-refractivity contribution in [2.45, 2.75) is 13.2 Å². The molecule has 0 saturated carbocycles. The molecule has 1 fully saturated rings. The standard InChI is InChI=1S/C24H17Cl2NO3S/c25-19-6-3-4-17(12-19)15-30-20-10-8-16(9-11-20)13-22-23(28)27(24(29)31-22)14-18-5-1-2-7-21(18)26/h1-13H,14-15H2/b22-13-. The number of rotatable bonds is 6. The smallest absolute Gasteiger partial charge is 0.293 e. The summed E-state index contributed by atoms with van der Waals surface area (Å²) < 4.78 is 5.78. The quantitative estimate of drug-likeness (QED) is 0.372. The molecule has 1 saturated heterocycles. The summed E-state index contributed by atoms with van der Waals surface area (Å²) >= 11 is 13.1. The van der Waals surface area contributed by atoms with Gasteiger partial charge in [-0.2, -0.15) is 0 Å². The second kappa shape index (κ2) is 9.60. The van der Waals surface area contributed by atoms with Crippen molar-refractivity contribution in [2.24, 2.45) is 0 Å². The van der Waals surface area contributed by atoms with Crippen LogP contribution in [-0.2, 0) is 17.9 Å². The Bertz CT molecular complexity index is 1160. The fraction of sp³-hybridized carbons (Fsp3) is 0.0833. The van der Waals surface area contributed by atoms with Gasteiger partial charge in [0.1, 0.15) is 12.4 Å². The average molecular weight is 470 g/mol. The molecule has 2 amide bonds. The third-order valence-corrected chi connectivity index (χ3v) is 6.14. The van der Waals surface area contributed by atoms with Gasteiger partial charge in [0, 0.05) is 10.0 Å². The van der Waals surface area contributed by atoms with Gasteiger partial charge in [-0.1, -0.05) is 65.7 Å². The number of hydrogen-bond acceptors (Lipinski definition) is 4. The molecule has 1 aliphatic heterocycles. The Hall–Kier alpha value is -2.73. The molecule has 3 aromatic rings. The van der Waals surface area contributed by atoms with E-state index in [1.165, 1.54) is 4.90 Å². The maximum absolute atomic E-state index is 12.7. The van der Waals surface area contributed by atoms with Crippen LogP contribution in [-0.4, -0.2) is 16.0 Å². The van der Waals surface area contributed by atoms with E-state index in [2.05, 4.69) is 0 Å². The molecule has 7 heteroatoms. The number of carbonyl (C=O) groups is 2. The summed E-state index contributed by atoms with van der Waals surface area (Å²) in [6.45, 7) is 0.554. The molecule has 0 atom stereocenters. The van der Waals surface area contributed by atoms with Gasteiger partial charge in [0.15, 0.2) is 0 Å². The van der Waals surface area contributed by atoms with Crippen LogP contribution >= 0.6 is 35.0 Å². The third kappa shape index (κ3) is 5.31. The number of amides is 2. The van der Waals surface area contributed by atoms with Crippen LogP contribution in [0, 0.1) is 0 Å². The Morgan fingerprint density at radius 3 is 2.45 bits per heavy atom. The van der Waals surface area contributed by atoms with Crippen molar-refractivity contribution in [1.29, 1.82) is 0 Å². The van der Waals surface area contributed by atoms with E-state index < -0.39 is 0 Å². The summed E-state index contributed by atoms with van der Waals surface area (Å²) in [6, 6.07) is 22.0. The molecule has 4 nitrogen and oxygen atoms in total. The first-order chi connectivity index (χ1) is 15.0. The van der Waals surface area contributed by atoms with Gasteiger partial charge in [-0.05, 0) is 64.9 Å². The van der Waals surface area contributed by atoms with Crippen molar-refractivity contribution in [3.8, 4) is 5.75 Å². The first kappa shape index (κ1) is 21.5. The summed E-state index contributed by atoms with van der Waals surface area (Å²) in [4.78, 5) is 26.7. The SMILES string of the molecule is O=C1S/C(=C\c2ccc(OCc3cccc(Cl)c3)cc2)C(=O)N1Cc1ccccc1Cl. The molecular formula is C24H17Cl2NO3S. The van der Waals surface area contributed by atoms with Crippen LogP contribution in [0.4, 0.5) is 4.79 Å². The van der Waals surface area contributed by atoms with Crippen molar-refractivity contribution in [3.63, 3.8) is 0 Å². The van der Waals surface area contributed by atoms with Crippen molar-refractivity contribution < 1.29 is 14.3 Å². The highest BCUT2D eigenvalue weighted by molar-refractivity contribution is 8.18. The predicted octanol–water partition coefficient (Wildman–Crippen LogP) is 6.81. The predicted molar refractivity (Wildman–Crippen MR) is 125 cm³/mol. The fourth-order valence-corrected chi connectivity index (χ4v) is 4.29. The van der Waals surface area contributed by atoms with E-state index in [1.807, 2.05) is 60.7 Å². The highest BCUT2D eigenvalue weighted by atomic mass is 35.5. The average Bonchev–Trinajstić information content (AvgIpc) is 3.02. The molecule has 0 unspecified atom stereocenters. The third-order valence-electron chi connectivity index (χ3n) is 4.63. The molecule has 4 rings (SSSR count). The van der Waals surface area contributed by atoms with Crippen LogP contribution in [0.15, 0.2) is 77.7 Å². The number of ether oxygens (including phenoxy) is 1. The van der Waals surface area contributed by atoms with E-state index in [1.54, 1.807) is 18.2 Å². The second-order valence-electron chi connectivity index (χ2n) is 6.85. The number of nitrogens with zero attached hydrogens (tertiary/aromatic N) is 1. The molecule has 0 bridgehead atoms. The normalized spacial score (nSPS) is 15.0. The highest BCUT2D eigenvalue weighted by Gasteiger charge is 2.35. The zero-order valence-electron chi connectivity index (χ0n) is 16.3. The van der Waals surface area contributed by atoms with Gasteiger partial charge >= 0.3 is 0 Å². The molecule has 0 N–H and O–H groups in total. The van der Waals surface area contributed by atoms with Gasteiger partial charge < -0.3 is 4.74 Å². The van der Waals surface area contributed by atoms with E-state index in [4.69, 9.17) is 27.9 Å². The van der Waals surface area contributed by atoms with Gasteiger partial charge in [0.2, 0.25) is 0 Å². The molecule has 0 spiro atoms. The minimum absolute atomic E-state index is 0.151. The number of halogens is 2. The Labute approximate surface area is 194 Å². The molecule has 1 heterocycles. The van der Waals surface area contributed by atoms with Crippen LogP contribution in [0.3, 0.4) is 0 Å². The van der Waals surface area contributed by atoms with Crippen molar-refractivity contribution in [1.82, 2.24) is 4.90 Å². The van der Waals surface area contributed by atoms with E-state index in [9.17, 15) is 9.59 Å². The monoisotopic (exact) mass is 469 g/mol. The first-order valence-corrected chi connectivity index (χ1v) is 11.0. The van der Waals surface area contributed by atoms with E-state index in [0.717, 1.165) is 28.5 Å². The maximum atomic E-state index is 12.7. The van der Waals surface area contributed by atoms with Gasteiger partial charge in [-0.3, -0.25) is 14.5 Å². The lowest BCUT2D eigenvalue weighted by atomic mass is 10.2. The highest BCUT2D eigenvalue weighted by Crippen LogP contribution is 2.34. The molecule has 0 aliphatic carbocycles. The zero-order chi connectivity index (χ0) is 21.8. The summed E-state index contributed by atoms with van der Waals surface area (Å²) in [7, 11) is 0. The van der Waals surface area contributed by atoms with Gasteiger partial charge in [-0.15, -0.1) is 0 Å². The lowest BCUT2D eigenvalue weighted by molar-refractivity contribution is -0.123. The van der Waals surface area contributed by atoms with Gasteiger partial charge in [0.25, 0.3) is 11.1 Å². The molecule has 31 heavy (non-hydrogen) atoms. The minimum atomic E-state index is -0.323. The number of imide groups is 1. The lowest BCUT2D eigenvalue weighted by Gasteiger charge is -2.13. The summed E-state index contributed by atoms with van der Waals surface area (Å²) in [6.07, 6.45) is 1.71. The summed E-state index contributed by atoms with van der Waals surface area (Å²) in [5.74, 6) is 0.375. The van der Waals surface area contributed by atoms with Gasteiger partial charge in [0.05, 0.1) is 11.4 Å². The van der Waals surface area contributed by atoms with Crippen molar-refractivity contribution in [2.75, 3.05) is 0 Å². The Balaban J connectivity index is 1.42. The number of hydrogen-bond donors (Lipinski definition) is 0. The second-order valence-corrected chi connectivity index (χ2v) is 8.68. The molecule has 0 radical (unpaired) electrons. The molecule has 156 valence electrons. The van der Waals surface area contributed by atoms with Gasteiger partial charge in [-0.25, -0.2) is 0 Å².